The second kappa shape index (κ2) is 8.59. The quantitative estimate of drug-likeness (QED) is 0.423. The highest BCUT2D eigenvalue weighted by Crippen LogP contribution is 2.35. The zero-order valence-corrected chi connectivity index (χ0v) is 17.6. The van der Waals surface area contributed by atoms with Crippen LogP contribution in [0.15, 0.2) is 88.6 Å². The monoisotopic (exact) mass is 418 g/mol. The molecule has 2 heterocycles. The van der Waals surface area contributed by atoms with E-state index in [2.05, 4.69) is 15.5 Å². The maximum atomic E-state index is 12.9. The number of hydrogen-bond donors (Lipinski definition) is 1. The van der Waals surface area contributed by atoms with Crippen LogP contribution in [0.25, 0.3) is 11.6 Å². The molecule has 0 aliphatic carbocycles. The van der Waals surface area contributed by atoms with Gasteiger partial charge in [-0.05, 0) is 43.7 Å². The molecule has 0 bridgehead atoms. The van der Waals surface area contributed by atoms with Crippen molar-refractivity contribution in [1.29, 1.82) is 0 Å². The van der Waals surface area contributed by atoms with E-state index in [1.807, 2.05) is 91.2 Å². The molecule has 0 spiro atoms. The second-order valence-corrected chi connectivity index (χ2v) is 8.88. The van der Waals surface area contributed by atoms with Crippen molar-refractivity contribution in [3.63, 3.8) is 0 Å². The number of para-hydroxylation sites is 1. The molecule has 4 rings (SSSR count). The molecule has 0 aliphatic heterocycles. The van der Waals surface area contributed by atoms with Crippen molar-refractivity contribution in [3.05, 3.63) is 84.6 Å². The van der Waals surface area contributed by atoms with Crippen LogP contribution in [0.2, 0.25) is 0 Å². The summed E-state index contributed by atoms with van der Waals surface area (Å²) in [6.07, 6.45) is 1.61. The maximum Gasteiger partial charge on any atom is 0.240 e. The lowest BCUT2D eigenvalue weighted by Crippen LogP contribution is -2.34. The highest BCUT2D eigenvalue weighted by Gasteiger charge is 2.32. The molecule has 2 aromatic carbocycles. The smallest absolute Gasteiger partial charge is 0.240 e. The standard InChI is InChI=1S/C23H22N4O2S/c1-23(2,21(28)24-18-12-7-4-8-13-18)30-22-26-25-20(19-14-9-15-29-19)27(22)16-17-10-5-3-6-11-17/h3-15H,16H2,1-2H3,(H,24,28). The van der Waals surface area contributed by atoms with Crippen LogP contribution < -0.4 is 5.32 Å². The number of carbonyl (C=O) groups is 1. The molecule has 0 fully saturated rings. The number of aromatic nitrogens is 3. The van der Waals surface area contributed by atoms with Crippen LogP contribution in [0, 0.1) is 0 Å². The van der Waals surface area contributed by atoms with Gasteiger partial charge in [-0.25, -0.2) is 0 Å². The lowest BCUT2D eigenvalue weighted by Gasteiger charge is -2.23. The number of nitrogens with zero attached hydrogens (tertiary/aromatic N) is 3. The molecule has 1 amide bonds. The van der Waals surface area contributed by atoms with Gasteiger partial charge in [0.25, 0.3) is 0 Å². The van der Waals surface area contributed by atoms with E-state index in [4.69, 9.17) is 4.42 Å². The molecule has 0 atom stereocenters. The molecule has 6 nitrogen and oxygen atoms in total. The highest BCUT2D eigenvalue weighted by atomic mass is 32.2. The Kier molecular flexibility index (Phi) is 5.72. The predicted octanol–water partition coefficient (Wildman–Crippen LogP) is 5.10. The van der Waals surface area contributed by atoms with Crippen molar-refractivity contribution in [2.24, 2.45) is 0 Å². The average molecular weight is 419 g/mol. The molecule has 2 aromatic heterocycles. The van der Waals surface area contributed by atoms with Crippen molar-refractivity contribution >= 4 is 23.4 Å². The minimum Gasteiger partial charge on any atom is -0.461 e. The Hall–Kier alpha value is -3.32. The van der Waals surface area contributed by atoms with Crippen molar-refractivity contribution in [3.8, 4) is 11.6 Å². The summed E-state index contributed by atoms with van der Waals surface area (Å²) in [5, 5.41) is 12.3. The van der Waals surface area contributed by atoms with E-state index in [9.17, 15) is 4.79 Å². The number of hydrogen-bond acceptors (Lipinski definition) is 5. The lowest BCUT2D eigenvalue weighted by atomic mass is 10.2. The topological polar surface area (TPSA) is 73.0 Å². The molecular weight excluding hydrogens is 396 g/mol. The van der Waals surface area contributed by atoms with Gasteiger partial charge in [-0.2, -0.15) is 0 Å². The van der Waals surface area contributed by atoms with Crippen LogP contribution in [-0.2, 0) is 11.3 Å². The van der Waals surface area contributed by atoms with Gasteiger partial charge in [-0.1, -0.05) is 60.3 Å². The number of benzene rings is 2. The largest absolute Gasteiger partial charge is 0.461 e. The fraction of sp³-hybridized carbons (Fsp3) is 0.174. The summed E-state index contributed by atoms with van der Waals surface area (Å²) in [6, 6.07) is 23.2. The summed E-state index contributed by atoms with van der Waals surface area (Å²) >= 11 is 1.37. The van der Waals surface area contributed by atoms with E-state index < -0.39 is 4.75 Å². The van der Waals surface area contributed by atoms with Gasteiger partial charge < -0.3 is 9.73 Å². The third kappa shape index (κ3) is 4.46. The zero-order chi connectivity index (χ0) is 21.0. The van der Waals surface area contributed by atoms with Crippen LogP contribution >= 0.6 is 11.8 Å². The molecule has 4 aromatic rings. The van der Waals surface area contributed by atoms with Gasteiger partial charge in [0.1, 0.15) is 0 Å². The SMILES string of the molecule is CC(C)(Sc1nnc(-c2ccco2)n1Cc1ccccc1)C(=O)Nc1ccccc1. The van der Waals surface area contributed by atoms with Crippen LogP contribution in [0.1, 0.15) is 19.4 Å². The third-order valence-electron chi connectivity index (χ3n) is 4.57. The minimum absolute atomic E-state index is 0.104. The summed E-state index contributed by atoms with van der Waals surface area (Å²) < 4.78 is 6.77. The van der Waals surface area contributed by atoms with Crippen molar-refractivity contribution in [2.45, 2.75) is 30.3 Å². The van der Waals surface area contributed by atoms with Gasteiger partial charge in [0.15, 0.2) is 10.9 Å². The van der Waals surface area contributed by atoms with Gasteiger partial charge >= 0.3 is 0 Å². The fourth-order valence-electron chi connectivity index (χ4n) is 2.94. The van der Waals surface area contributed by atoms with E-state index in [0.29, 0.717) is 23.3 Å². The van der Waals surface area contributed by atoms with Crippen LogP contribution in [0.4, 0.5) is 5.69 Å². The number of thioether (sulfide) groups is 1. The molecule has 1 N–H and O–H groups in total. The van der Waals surface area contributed by atoms with E-state index >= 15 is 0 Å². The number of anilines is 1. The number of furan rings is 1. The number of carbonyl (C=O) groups excluding carboxylic acids is 1. The first-order valence-corrected chi connectivity index (χ1v) is 10.4. The fourth-order valence-corrected chi connectivity index (χ4v) is 3.88. The van der Waals surface area contributed by atoms with Gasteiger partial charge in [0.2, 0.25) is 11.7 Å². The Morgan fingerprint density at radius 2 is 1.70 bits per heavy atom. The number of nitrogens with one attached hydrogen (secondary N) is 1. The van der Waals surface area contributed by atoms with Gasteiger partial charge in [-0.3, -0.25) is 9.36 Å². The number of rotatable bonds is 7. The zero-order valence-electron chi connectivity index (χ0n) is 16.8. The molecule has 0 aliphatic rings. The Labute approximate surface area is 179 Å². The summed E-state index contributed by atoms with van der Waals surface area (Å²) in [7, 11) is 0. The Balaban J connectivity index is 1.62. The van der Waals surface area contributed by atoms with Gasteiger partial charge in [0.05, 0.1) is 17.6 Å². The lowest BCUT2D eigenvalue weighted by molar-refractivity contribution is -0.117. The Bertz CT molecular complexity index is 1110. The normalized spacial score (nSPS) is 11.4. The molecular formula is C23H22N4O2S. The first-order chi connectivity index (χ1) is 14.5. The Morgan fingerprint density at radius 1 is 1.00 bits per heavy atom. The third-order valence-corrected chi connectivity index (χ3v) is 5.75. The molecule has 7 heteroatoms. The molecule has 0 saturated heterocycles. The first kappa shape index (κ1) is 20.0. The van der Waals surface area contributed by atoms with E-state index in [1.165, 1.54) is 11.8 Å². The first-order valence-electron chi connectivity index (χ1n) is 9.59. The summed E-state index contributed by atoms with van der Waals surface area (Å²) in [4.78, 5) is 12.9. The summed E-state index contributed by atoms with van der Waals surface area (Å²) in [6.45, 7) is 4.33. The number of amides is 1. The van der Waals surface area contributed by atoms with Gasteiger partial charge in [0, 0.05) is 5.69 Å². The van der Waals surface area contributed by atoms with Crippen molar-refractivity contribution in [2.75, 3.05) is 5.32 Å². The van der Waals surface area contributed by atoms with Crippen LogP contribution in [-0.4, -0.2) is 25.4 Å². The van der Waals surface area contributed by atoms with E-state index in [1.54, 1.807) is 6.26 Å². The van der Waals surface area contributed by atoms with E-state index in [-0.39, 0.29) is 5.91 Å². The van der Waals surface area contributed by atoms with Crippen molar-refractivity contribution < 1.29 is 9.21 Å². The minimum atomic E-state index is -0.766. The molecule has 152 valence electrons. The molecule has 0 saturated carbocycles. The molecule has 0 unspecified atom stereocenters. The molecule has 30 heavy (non-hydrogen) atoms. The van der Waals surface area contributed by atoms with Crippen LogP contribution in [0.5, 0.6) is 0 Å². The molecule has 0 radical (unpaired) electrons. The second-order valence-electron chi connectivity index (χ2n) is 7.29. The van der Waals surface area contributed by atoms with Gasteiger partial charge in [-0.15, -0.1) is 10.2 Å². The predicted molar refractivity (Wildman–Crippen MR) is 118 cm³/mol. The van der Waals surface area contributed by atoms with Crippen LogP contribution in [0.3, 0.4) is 0 Å². The summed E-state index contributed by atoms with van der Waals surface area (Å²) in [5.41, 5.74) is 1.87. The Morgan fingerprint density at radius 3 is 2.37 bits per heavy atom. The van der Waals surface area contributed by atoms with Crippen molar-refractivity contribution in [1.82, 2.24) is 14.8 Å². The average Bonchev–Trinajstić information content (AvgIpc) is 3.40. The maximum absolute atomic E-state index is 12.9. The highest BCUT2D eigenvalue weighted by molar-refractivity contribution is 8.01. The van der Waals surface area contributed by atoms with E-state index in [0.717, 1.165) is 11.3 Å². The summed E-state index contributed by atoms with van der Waals surface area (Å²) in [5.74, 6) is 1.16.